The highest BCUT2D eigenvalue weighted by molar-refractivity contribution is 7.13. The van der Waals surface area contributed by atoms with Crippen LogP contribution in [0.4, 0.5) is 0 Å². The number of nitrogens with zero attached hydrogens (tertiary/aromatic N) is 2. The van der Waals surface area contributed by atoms with Crippen molar-refractivity contribution in [2.45, 2.75) is 32.2 Å². The maximum absolute atomic E-state index is 12.6. The fourth-order valence-corrected chi connectivity index (χ4v) is 4.37. The third-order valence-electron chi connectivity index (χ3n) is 4.61. The van der Waals surface area contributed by atoms with Crippen LogP contribution in [0.2, 0.25) is 5.02 Å². The average molecular weight is 379 g/mol. The topological polar surface area (TPSA) is 70.5 Å². The summed E-state index contributed by atoms with van der Waals surface area (Å²) in [7, 11) is 0. The minimum Gasteiger partial charge on any atom is -0.481 e. The van der Waals surface area contributed by atoms with Crippen LogP contribution < -0.4 is 0 Å². The molecule has 25 heavy (non-hydrogen) atoms. The molecule has 7 heteroatoms. The second-order valence-corrected chi connectivity index (χ2v) is 7.48. The fraction of sp³-hybridized carbons (Fsp3) is 0.389. The molecule has 2 aromatic rings. The molecule has 0 bridgehead atoms. The van der Waals surface area contributed by atoms with Crippen molar-refractivity contribution in [1.29, 1.82) is 0 Å². The standard InChI is InChI=1S/C18H19ClN2O3S/c1-11-13(18(23)24)6-4-8-21(11)16(22)9-12-10-25-17(20-12)14-5-2-3-7-15(14)19/h2-3,5,7,10-11,13H,4,6,8-9H2,1H3,(H,23,24)/t11-,13-/m1/s1. The summed E-state index contributed by atoms with van der Waals surface area (Å²) in [6, 6.07) is 7.18. The number of carboxylic acids is 1. The van der Waals surface area contributed by atoms with E-state index >= 15 is 0 Å². The van der Waals surface area contributed by atoms with Crippen molar-refractivity contribution in [3.05, 3.63) is 40.4 Å². The number of carbonyl (C=O) groups is 2. The van der Waals surface area contributed by atoms with Gasteiger partial charge in [0.2, 0.25) is 5.91 Å². The summed E-state index contributed by atoms with van der Waals surface area (Å²) in [5.74, 6) is -1.40. The smallest absolute Gasteiger partial charge is 0.308 e. The van der Waals surface area contributed by atoms with E-state index in [1.807, 2.05) is 36.6 Å². The van der Waals surface area contributed by atoms with Gasteiger partial charge in [0.05, 0.1) is 23.1 Å². The zero-order valence-electron chi connectivity index (χ0n) is 13.8. The lowest BCUT2D eigenvalue weighted by Gasteiger charge is -2.37. The molecule has 1 aromatic carbocycles. The Morgan fingerprint density at radius 1 is 1.40 bits per heavy atom. The Morgan fingerprint density at radius 2 is 2.16 bits per heavy atom. The van der Waals surface area contributed by atoms with Gasteiger partial charge in [0, 0.05) is 23.5 Å². The van der Waals surface area contributed by atoms with Gasteiger partial charge in [-0.1, -0.05) is 29.8 Å². The van der Waals surface area contributed by atoms with Gasteiger partial charge in [-0.15, -0.1) is 11.3 Å². The molecule has 2 heterocycles. The van der Waals surface area contributed by atoms with Gasteiger partial charge in [-0.3, -0.25) is 9.59 Å². The van der Waals surface area contributed by atoms with E-state index in [0.717, 1.165) is 17.0 Å². The summed E-state index contributed by atoms with van der Waals surface area (Å²) in [6.07, 6.45) is 1.51. The highest BCUT2D eigenvalue weighted by atomic mass is 35.5. The zero-order chi connectivity index (χ0) is 18.0. The first kappa shape index (κ1) is 17.9. The molecule has 0 aliphatic carbocycles. The number of carboxylic acid groups (broad SMARTS) is 1. The van der Waals surface area contributed by atoms with E-state index in [0.29, 0.717) is 23.7 Å². The highest BCUT2D eigenvalue weighted by Crippen LogP contribution is 2.30. The van der Waals surface area contributed by atoms with Crippen LogP contribution in [0.15, 0.2) is 29.6 Å². The lowest BCUT2D eigenvalue weighted by molar-refractivity contribution is -0.148. The van der Waals surface area contributed by atoms with Crippen LogP contribution in [0.5, 0.6) is 0 Å². The van der Waals surface area contributed by atoms with Gasteiger partial charge in [0.25, 0.3) is 0 Å². The average Bonchev–Trinajstić information content (AvgIpc) is 3.03. The number of benzene rings is 1. The van der Waals surface area contributed by atoms with E-state index in [2.05, 4.69) is 4.98 Å². The second-order valence-electron chi connectivity index (χ2n) is 6.22. The lowest BCUT2D eigenvalue weighted by Crippen LogP contribution is -2.49. The summed E-state index contributed by atoms with van der Waals surface area (Å²) in [6.45, 7) is 2.41. The quantitative estimate of drug-likeness (QED) is 0.880. The number of hydrogen-bond acceptors (Lipinski definition) is 4. The minimum atomic E-state index is -0.834. The predicted molar refractivity (Wildman–Crippen MR) is 97.8 cm³/mol. The minimum absolute atomic E-state index is 0.0746. The Bertz CT molecular complexity index is 792. The van der Waals surface area contributed by atoms with Crippen LogP contribution >= 0.6 is 22.9 Å². The predicted octanol–water partition coefficient (Wildman–Crippen LogP) is 3.72. The van der Waals surface area contributed by atoms with Crippen molar-refractivity contribution in [2.75, 3.05) is 6.54 Å². The zero-order valence-corrected chi connectivity index (χ0v) is 15.4. The highest BCUT2D eigenvalue weighted by Gasteiger charge is 2.35. The Morgan fingerprint density at radius 3 is 2.88 bits per heavy atom. The maximum Gasteiger partial charge on any atom is 0.308 e. The molecule has 1 aromatic heterocycles. The van der Waals surface area contributed by atoms with Gasteiger partial charge in [0.1, 0.15) is 5.01 Å². The number of aromatic nitrogens is 1. The number of hydrogen-bond donors (Lipinski definition) is 1. The van der Waals surface area contributed by atoms with E-state index in [1.54, 1.807) is 4.90 Å². The molecule has 1 aliphatic heterocycles. The normalized spacial score (nSPS) is 20.5. The monoisotopic (exact) mass is 378 g/mol. The summed E-state index contributed by atoms with van der Waals surface area (Å²) in [4.78, 5) is 30.2. The van der Waals surface area contributed by atoms with E-state index < -0.39 is 11.9 Å². The first-order valence-corrected chi connectivity index (χ1v) is 9.44. The van der Waals surface area contributed by atoms with Crippen molar-refractivity contribution < 1.29 is 14.7 Å². The van der Waals surface area contributed by atoms with Crippen LogP contribution in [-0.2, 0) is 16.0 Å². The molecule has 0 unspecified atom stereocenters. The van der Waals surface area contributed by atoms with E-state index in [-0.39, 0.29) is 18.4 Å². The molecule has 1 aliphatic rings. The molecule has 1 saturated heterocycles. The van der Waals surface area contributed by atoms with Gasteiger partial charge >= 0.3 is 5.97 Å². The first-order valence-electron chi connectivity index (χ1n) is 8.19. The van der Waals surface area contributed by atoms with Gasteiger partial charge in [0.15, 0.2) is 0 Å². The van der Waals surface area contributed by atoms with E-state index in [9.17, 15) is 14.7 Å². The van der Waals surface area contributed by atoms with E-state index in [1.165, 1.54) is 11.3 Å². The number of aliphatic carboxylic acids is 1. The number of likely N-dealkylation sites (tertiary alicyclic amines) is 1. The molecule has 0 saturated carbocycles. The number of thiazole rings is 1. The molecule has 1 N–H and O–H groups in total. The van der Waals surface area contributed by atoms with Crippen molar-refractivity contribution >= 4 is 34.8 Å². The van der Waals surface area contributed by atoms with Crippen LogP contribution in [0, 0.1) is 5.92 Å². The lowest BCUT2D eigenvalue weighted by atomic mass is 9.90. The molecule has 1 fully saturated rings. The van der Waals surface area contributed by atoms with Crippen LogP contribution in [-0.4, -0.2) is 39.5 Å². The number of rotatable bonds is 4. The van der Waals surface area contributed by atoms with Crippen molar-refractivity contribution in [3.63, 3.8) is 0 Å². The third kappa shape index (κ3) is 3.85. The Hall–Kier alpha value is -1.92. The SMILES string of the molecule is C[C@@H]1[C@H](C(=O)O)CCCN1C(=O)Cc1csc(-c2ccccc2Cl)n1. The van der Waals surface area contributed by atoms with Gasteiger partial charge in [-0.25, -0.2) is 4.98 Å². The number of carbonyl (C=O) groups excluding carboxylic acids is 1. The van der Waals surface area contributed by atoms with Gasteiger partial charge < -0.3 is 10.0 Å². The van der Waals surface area contributed by atoms with Crippen LogP contribution in [0.3, 0.4) is 0 Å². The maximum atomic E-state index is 12.6. The van der Waals surface area contributed by atoms with Crippen molar-refractivity contribution in [3.8, 4) is 10.6 Å². The van der Waals surface area contributed by atoms with Crippen LogP contribution in [0.1, 0.15) is 25.5 Å². The summed E-state index contributed by atoms with van der Waals surface area (Å²) >= 11 is 7.65. The Labute approximate surface area is 155 Å². The van der Waals surface area contributed by atoms with Crippen molar-refractivity contribution in [1.82, 2.24) is 9.88 Å². The van der Waals surface area contributed by atoms with Crippen LogP contribution in [0.25, 0.3) is 10.6 Å². The molecule has 1 amide bonds. The third-order valence-corrected chi connectivity index (χ3v) is 5.87. The summed E-state index contributed by atoms with van der Waals surface area (Å²) in [5.41, 5.74) is 1.54. The van der Waals surface area contributed by atoms with Crippen molar-refractivity contribution in [2.24, 2.45) is 5.92 Å². The largest absolute Gasteiger partial charge is 0.481 e. The number of halogens is 1. The van der Waals surface area contributed by atoms with Gasteiger partial charge in [-0.05, 0) is 25.8 Å². The molecule has 0 spiro atoms. The molecule has 5 nitrogen and oxygen atoms in total. The number of piperidine rings is 1. The molecular weight excluding hydrogens is 360 g/mol. The molecule has 132 valence electrons. The van der Waals surface area contributed by atoms with E-state index in [4.69, 9.17) is 11.6 Å². The molecule has 0 radical (unpaired) electrons. The Balaban J connectivity index is 1.72. The molecule has 3 rings (SSSR count). The fourth-order valence-electron chi connectivity index (χ4n) is 3.23. The summed E-state index contributed by atoms with van der Waals surface area (Å²) < 4.78 is 0. The Kier molecular flexibility index (Phi) is 5.39. The first-order chi connectivity index (χ1) is 12.0. The summed E-state index contributed by atoms with van der Waals surface area (Å²) in [5, 5.41) is 12.6. The van der Waals surface area contributed by atoms with Gasteiger partial charge in [-0.2, -0.15) is 0 Å². The second kappa shape index (κ2) is 7.54. The molecule has 2 atom stereocenters. The molecular formula is C18H19ClN2O3S. The number of amides is 1.